The van der Waals surface area contributed by atoms with Gasteiger partial charge in [0.2, 0.25) is 0 Å². The molecule has 23 heavy (non-hydrogen) atoms. The van der Waals surface area contributed by atoms with Crippen molar-refractivity contribution in [1.82, 2.24) is 4.90 Å². The predicted octanol–water partition coefficient (Wildman–Crippen LogP) is 2.88. The molecule has 0 radical (unpaired) electrons. The van der Waals surface area contributed by atoms with Crippen LogP contribution in [0.5, 0.6) is 5.75 Å². The molecule has 2 N–H and O–H groups in total. The second-order valence-electron chi connectivity index (χ2n) is 5.34. The topological polar surface area (TPSA) is 52.9 Å². The average Bonchev–Trinajstić information content (AvgIpc) is 2.55. The molecule has 0 aliphatic rings. The first-order valence-electron chi connectivity index (χ1n) is 7.52. The third-order valence-corrected chi connectivity index (χ3v) is 3.90. The maximum atomic E-state index is 10.4. The molecule has 0 saturated carbocycles. The number of aliphatic hydroxyl groups is 2. The van der Waals surface area contributed by atoms with E-state index in [0.717, 1.165) is 16.9 Å². The van der Waals surface area contributed by atoms with E-state index in [-0.39, 0.29) is 6.61 Å². The zero-order valence-electron chi connectivity index (χ0n) is 13.2. The largest absolute Gasteiger partial charge is 0.496 e. The Bertz CT molecular complexity index is 621. The molecule has 5 heteroatoms. The second kappa shape index (κ2) is 8.89. The Labute approximate surface area is 141 Å². The minimum Gasteiger partial charge on any atom is -0.496 e. The lowest BCUT2D eigenvalue weighted by Crippen LogP contribution is -2.31. The number of nitrogens with zero attached hydrogens (tertiary/aromatic N) is 1. The summed E-state index contributed by atoms with van der Waals surface area (Å²) >= 11 is 5.97. The molecule has 0 heterocycles. The van der Waals surface area contributed by atoms with E-state index in [0.29, 0.717) is 24.7 Å². The van der Waals surface area contributed by atoms with Gasteiger partial charge in [0, 0.05) is 30.2 Å². The highest BCUT2D eigenvalue weighted by atomic mass is 35.5. The van der Waals surface area contributed by atoms with E-state index in [9.17, 15) is 10.2 Å². The molecular weight excluding hydrogens is 314 g/mol. The number of aliphatic hydroxyl groups excluding tert-OH is 2. The average molecular weight is 336 g/mol. The van der Waals surface area contributed by atoms with Crippen molar-refractivity contribution < 1.29 is 14.9 Å². The molecule has 2 aromatic carbocycles. The van der Waals surface area contributed by atoms with E-state index in [4.69, 9.17) is 16.3 Å². The van der Waals surface area contributed by atoms with Crippen LogP contribution in [0.4, 0.5) is 0 Å². The van der Waals surface area contributed by atoms with Crippen molar-refractivity contribution in [3.05, 3.63) is 64.7 Å². The number of halogens is 1. The van der Waals surface area contributed by atoms with Crippen molar-refractivity contribution in [2.75, 3.05) is 26.8 Å². The normalized spacial score (nSPS) is 12.4. The molecular formula is C18H22ClNO3. The minimum atomic E-state index is -0.671. The molecule has 0 bridgehead atoms. The van der Waals surface area contributed by atoms with Gasteiger partial charge in [-0.25, -0.2) is 0 Å². The highest BCUT2D eigenvalue weighted by Gasteiger charge is 2.15. The molecule has 0 aliphatic carbocycles. The molecule has 1 atom stereocenters. The van der Waals surface area contributed by atoms with Crippen LogP contribution >= 0.6 is 11.6 Å². The number of methoxy groups -OCH3 is 1. The lowest BCUT2D eigenvalue weighted by Gasteiger charge is -2.25. The number of hydrogen-bond acceptors (Lipinski definition) is 4. The van der Waals surface area contributed by atoms with Gasteiger partial charge in [0.25, 0.3) is 0 Å². The van der Waals surface area contributed by atoms with Crippen LogP contribution < -0.4 is 4.74 Å². The summed E-state index contributed by atoms with van der Waals surface area (Å²) in [4.78, 5) is 1.99. The van der Waals surface area contributed by atoms with Gasteiger partial charge in [-0.15, -0.1) is 0 Å². The van der Waals surface area contributed by atoms with Crippen LogP contribution in [-0.4, -0.2) is 41.9 Å². The molecule has 0 aromatic heterocycles. The van der Waals surface area contributed by atoms with Crippen molar-refractivity contribution in [3.63, 3.8) is 0 Å². The highest BCUT2D eigenvalue weighted by molar-refractivity contribution is 6.30. The summed E-state index contributed by atoms with van der Waals surface area (Å²) < 4.78 is 5.36. The maximum absolute atomic E-state index is 10.4. The molecule has 124 valence electrons. The van der Waals surface area contributed by atoms with Gasteiger partial charge in [-0.2, -0.15) is 0 Å². The van der Waals surface area contributed by atoms with Gasteiger partial charge in [-0.3, -0.25) is 4.90 Å². The molecule has 2 rings (SSSR count). The van der Waals surface area contributed by atoms with Crippen LogP contribution in [-0.2, 0) is 6.54 Å². The van der Waals surface area contributed by atoms with E-state index < -0.39 is 6.10 Å². The Morgan fingerprint density at radius 3 is 2.65 bits per heavy atom. The van der Waals surface area contributed by atoms with E-state index in [1.54, 1.807) is 19.2 Å². The Morgan fingerprint density at radius 2 is 1.96 bits per heavy atom. The van der Waals surface area contributed by atoms with Gasteiger partial charge in [-0.05, 0) is 23.8 Å². The van der Waals surface area contributed by atoms with Gasteiger partial charge >= 0.3 is 0 Å². The smallest absolute Gasteiger partial charge is 0.123 e. The molecule has 0 spiro atoms. The number of benzene rings is 2. The summed E-state index contributed by atoms with van der Waals surface area (Å²) in [5.74, 6) is 0.799. The fraction of sp³-hybridized carbons (Fsp3) is 0.333. The molecule has 0 saturated heterocycles. The number of hydrogen-bond donors (Lipinski definition) is 2. The maximum Gasteiger partial charge on any atom is 0.123 e. The first kappa shape index (κ1) is 17.8. The van der Waals surface area contributed by atoms with Crippen molar-refractivity contribution >= 4 is 11.6 Å². The fourth-order valence-corrected chi connectivity index (χ4v) is 2.71. The van der Waals surface area contributed by atoms with E-state index in [1.165, 1.54) is 0 Å². The van der Waals surface area contributed by atoms with Gasteiger partial charge in [0.1, 0.15) is 5.75 Å². The van der Waals surface area contributed by atoms with Crippen LogP contribution in [0.25, 0.3) is 0 Å². The van der Waals surface area contributed by atoms with Crippen LogP contribution in [0, 0.1) is 0 Å². The first-order chi connectivity index (χ1) is 11.1. The Hall–Kier alpha value is -1.59. The molecule has 0 amide bonds. The lowest BCUT2D eigenvalue weighted by atomic mass is 10.1. The predicted molar refractivity (Wildman–Crippen MR) is 91.8 cm³/mol. The Balaban J connectivity index is 2.09. The van der Waals surface area contributed by atoms with E-state index in [1.807, 2.05) is 41.3 Å². The third-order valence-electron chi connectivity index (χ3n) is 3.67. The van der Waals surface area contributed by atoms with Crippen LogP contribution in [0.2, 0.25) is 5.02 Å². The molecule has 4 nitrogen and oxygen atoms in total. The quantitative estimate of drug-likeness (QED) is 0.779. The lowest BCUT2D eigenvalue weighted by molar-refractivity contribution is 0.0951. The molecule has 1 unspecified atom stereocenters. The van der Waals surface area contributed by atoms with Gasteiger partial charge in [0.05, 0.1) is 19.8 Å². The van der Waals surface area contributed by atoms with Crippen molar-refractivity contribution in [2.45, 2.75) is 12.6 Å². The van der Waals surface area contributed by atoms with Crippen molar-refractivity contribution in [2.24, 2.45) is 0 Å². The Morgan fingerprint density at radius 1 is 1.17 bits per heavy atom. The van der Waals surface area contributed by atoms with Crippen LogP contribution in [0.15, 0.2) is 48.5 Å². The van der Waals surface area contributed by atoms with Crippen molar-refractivity contribution in [3.8, 4) is 5.75 Å². The third kappa shape index (κ3) is 5.22. The van der Waals surface area contributed by atoms with Crippen molar-refractivity contribution in [1.29, 1.82) is 0 Å². The van der Waals surface area contributed by atoms with Crippen LogP contribution in [0.1, 0.15) is 17.2 Å². The summed E-state index contributed by atoms with van der Waals surface area (Å²) in [7, 11) is 1.63. The summed E-state index contributed by atoms with van der Waals surface area (Å²) in [5.41, 5.74) is 1.78. The number of para-hydroxylation sites is 1. The minimum absolute atomic E-state index is 0.0252. The SMILES string of the molecule is COc1ccccc1CN(CCO)CC(O)c1cccc(Cl)c1. The summed E-state index contributed by atoms with van der Waals surface area (Å²) in [6.45, 7) is 1.48. The van der Waals surface area contributed by atoms with E-state index >= 15 is 0 Å². The zero-order chi connectivity index (χ0) is 16.7. The molecule has 2 aromatic rings. The summed E-state index contributed by atoms with van der Waals surface area (Å²) in [6, 6.07) is 14.9. The summed E-state index contributed by atoms with van der Waals surface area (Å²) in [5, 5.41) is 20.3. The Kier molecular flexibility index (Phi) is 6.86. The monoisotopic (exact) mass is 335 g/mol. The zero-order valence-corrected chi connectivity index (χ0v) is 13.9. The van der Waals surface area contributed by atoms with Gasteiger partial charge < -0.3 is 14.9 Å². The second-order valence-corrected chi connectivity index (χ2v) is 5.78. The first-order valence-corrected chi connectivity index (χ1v) is 7.90. The van der Waals surface area contributed by atoms with Crippen LogP contribution in [0.3, 0.4) is 0 Å². The highest BCUT2D eigenvalue weighted by Crippen LogP contribution is 2.22. The van der Waals surface area contributed by atoms with E-state index in [2.05, 4.69) is 0 Å². The number of ether oxygens (including phenoxy) is 1. The van der Waals surface area contributed by atoms with Gasteiger partial charge in [0.15, 0.2) is 0 Å². The van der Waals surface area contributed by atoms with Gasteiger partial charge in [-0.1, -0.05) is 41.9 Å². The summed E-state index contributed by atoms with van der Waals surface area (Å²) in [6.07, 6.45) is -0.671. The number of rotatable bonds is 8. The standard InChI is InChI=1S/C18H22ClNO3/c1-23-18-8-3-2-5-15(18)12-20(9-10-21)13-17(22)14-6-4-7-16(19)11-14/h2-8,11,17,21-22H,9-10,12-13H2,1H3. The fourth-order valence-electron chi connectivity index (χ4n) is 2.51. The molecule has 0 fully saturated rings. The molecule has 0 aliphatic heterocycles.